The van der Waals surface area contributed by atoms with Gasteiger partial charge in [-0.15, -0.1) is 0 Å². The zero-order valence-corrected chi connectivity index (χ0v) is 6.79. The Kier molecular flexibility index (Phi) is 3.95. The average molecular weight is 152 g/mol. The molecule has 0 unspecified atom stereocenters. The van der Waals surface area contributed by atoms with E-state index in [9.17, 15) is 0 Å². The number of rotatable bonds is 3. The second kappa shape index (κ2) is 5.11. The van der Waals surface area contributed by atoms with E-state index in [-0.39, 0.29) is 0 Å². The summed E-state index contributed by atoms with van der Waals surface area (Å²) in [6.45, 7) is 5.21. The van der Waals surface area contributed by atoms with Crippen LogP contribution in [0.15, 0.2) is 0 Å². The largest absolute Gasteiger partial charge is 0.301 e. The lowest BCUT2D eigenvalue weighted by Gasteiger charge is -2.25. The van der Waals surface area contributed by atoms with Gasteiger partial charge in [-0.3, -0.25) is 0 Å². The third-order valence-electron chi connectivity index (χ3n) is 1.91. The lowest BCUT2D eigenvalue weighted by atomic mass is 10.3. The van der Waals surface area contributed by atoms with Gasteiger partial charge in [0.1, 0.15) is 0 Å². The SMILES string of the molecule is N#CCCCN1CC[N]CC1. The van der Waals surface area contributed by atoms with Crippen LogP contribution < -0.4 is 5.32 Å². The van der Waals surface area contributed by atoms with Gasteiger partial charge in [0.25, 0.3) is 0 Å². The first kappa shape index (κ1) is 8.51. The van der Waals surface area contributed by atoms with Crippen molar-refractivity contribution in [3.63, 3.8) is 0 Å². The van der Waals surface area contributed by atoms with Crippen molar-refractivity contribution >= 4 is 0 Å². The van der Waals surface area contributed by atoms with Gasteiger partial charge in [0.05, 0.1) is 6.07 Å². The first-order valence-electron chi connectivity index (χ1n) is 4.16. The molecule has 0 bridgehead atoms. The van der Waals surface area contributed by atoms with Crippen LogP contribution in [0.25, 0.3) is 0 Å². The van der Waals surface area contributed by atoms with Crippen molar-refractivity contribution in [3.8, 4) is 6.07 Å². The van der Waals surface area contributed by atoms with E-state index in [1.54, 1.807) is 0 Å². The Morgan fingerprint density at radius 1 is 1.36 bits per heavy atom. The molecule has 1 aliphatic heterocycles. The van der Waals surface area contributed by atoms with Crippen molar-refractivity contribution in [2.45, 2.75) is 12.8 Å². The summed E-state index contributed by atoms with van der Waals surface area (Å²) in [6, 6.07) is 2.16. The van der Waals surface area contributed by atoms with E-state index in [0.717, 1.165) is 39.1 Å². The Balaban J connectivity index is 2.01. The normalized spacial score (nSPS) is 19.5. The third-order valence-corrected chi connectivity index (χ3v) is 1.91. The fourth-order valence-corrected chi connectivity index (χ4v) is 1.25. The predicted octanol–water partition coefficient (Wildman–Crippen LogP) is 0.210. The van der Waals surface area contributed by atoms with Crippen molar-refractivity contribution in [1.29, 1.82) is 5.26 Å². The summed E-state index contributed by atoms with van der Waals surface area (Å²) in [4.78, 5) is 2.38. The molecule has 0 spiro atoms. The lowest BCUT2D eigenvalue weighted by Crippen LogP contribution is -2.40. The van der Waals surface area contributed by atoms with E-state index < -0.39 is 0 Å². The fraction of sp³-hybridized carbons (Fsp3) is 0.875. The number of hydrogen-bond acceptors (Lipinski definition) is 2. The van der Waals surface area contributed by atoms with E-state index in [1.165, 1.54) is 0 Å². The van der Waals surface area contributed by atoms with Crippen LogP contribution in [-0.4, -0.2) is 37.6 Å². The van der Waals surface area contributed by atoms with Gasteiger partial charge in [0, 0.05) is 32.6 Å². The Labute approximate surface area is 68.0 Å². The van der Waals surface area contributed by atoms with Crippen molar-refractivity contribution in [2.24, 2.45) is 0 Å². The van der Waals surface area contributed by atoms with Crippen LogP contribution in [0.3, 0.4) is 0 Å². The zero-order chi connectivity index (χ0) is 7.94. The van der Waals surface area contributed by atoms with Crippen LogP contribution >= 0.6 is 0 Å². The molecule has 0 aromatic heterocycles. The van der Waals surface area contributed by atoms with Crippen molar-refractivity contribution in [2.75, 3.05) is 32.7 Å². The maximum Gasteiger partial charge on any atom is 0.0622 e. The highest BCUT2D eigenvalue weighted by molar-refractivity contribution is 4.72. The number of unbranched alkanes of at least 4 members (excludes halogenated alkanes) is 1. The van der Waals surface area contributed by atoms with Gasteiger partial charge in [-0.1, -0.05) is 0 Å². The van der Waals surface area contributed by atoms with Gasteiger partial charge < -0.3 is 4.90 Å². The number of nitriles is 1. The third kappa shape index (κ3) is 3.35. The van der Waals surface area contributed by atoms with Crippen molar-refractivity contribution < 1.29 is 0 Å². The first-order chi connectivity index (χ1) is 5.43. The van der Waals surface area contributed by atoms with Crippen molar-refractivity contribution in [3.05, 3.63) is 0 Å². The Hall–Kier alpha value is -0.590. The molecule has 0 aliphatic carbocycles. The minimum Gasteiger partial charge on any atom is -0.301 e. The molecule has 1 radical (unpaired) electrons. The first-order valence-corrected chi connectivity index (χ1v) is 4.16. The standard InChI is InChI=1S/C8H14N3/c9-3-1-2-6-11-7-4-10-5-8-11/h1-2,4-8H2. The van der Waals surface area contributed by atoms with Gasteiger partial charge in [-0.25, -0.2) is 5.32 Å². The predicted molar refractivity (Wildman–Crippen MR) is 43.2 cm³/mol. The molecule has 1 aliphatic rings. The molecular formula is C8H14N3. The topological polar surface area (TPSA) is 41.1 Å². The summed E-state index contributed by atoms with van der Waals surface area (Å²) in [5, 5.41) is 12.6. The van der Waals surface area contributed by atoms with Gasteiger partial charge >= 0.3 is 0 Å². The molecule has 1 rings (SSSR count). The van der Waals surface area contributed by atoms with E-state index in [4.69, 9.17) is 5.26 Å². The minimum absolute atomic E-state index is 0.688. The highest BCUT2D eigenvalue weighted by Crippen LogP contribution is 1.96. The van der Waals surface area contributed by atoms with E-state index >= 15 is 0 Å². The second-order valence-corrected chi connectivity index (χ2v) is 2.77. The van der Waals surface area contributed by atoms with E-state index in [1.807, 2.05) is 0 Å². The maximum atomic E-state index is 8.31. The van der Waals surface area contributed by atoms with Gasteiger partial charge in [-0.05, 0) is 13.0 Å². The molecule has 1 fully saturated rings. The lowest BCUT2D eigenvalue weighted by molar-refractivity contribution is 0.237. The van der Waals surface area contributed by atoms with E-state index in [0.29, 0.717) is 6.42 Å². The maximum absolute atomic E-state index is 8.31. The number of hydrogen-bond donors (Lipinski definition) is 0. The van der Waals surface area contributed by atoms with Crippen molar-refractivity contribution in [1.82, 2.24) is 10.2 Å². The summed E-state index contributed by atoms with van der Waals surface area (Å²) < 4.78 is 0. The minimum atomic E-state index is 0.688. The van der Waals surface area contributed by atoms with Crippen LogP contribution in [0.4, 0.5) is 0 Å². The monoisotopic (exact) mass is 152 g/mol. The molecule has 3 nitrogen and oxygen atoms in total. The average Bonchev–Trinajstić information content (AvgIpc) is 2.07. The summed E-state index contributed by atoms with van der Waals surface area (Å²) in [5.41, 5.74) is 0. The number of nitrogens with zero attached hydrogens (tertiary/aromatic N) is 3. The van der Waals surface area contributed by atoms with E-state index in [2.05, 4.69) is 16.3 Å². The molecule has 1 saturated heterocycles. The summed E-state index contributed by atoms with van der Waals surface area (Å²) >= 11 is 0. The highest BCUT2D eigenvalue weighted by atomic mass is 15.2. The molecule has 3 heteroatoms. The number of piperazine rings is 1. The molecule has 61 valence electrons. The fourth-order valence-electron chi connectivity index (χ4n) is 1.25. The molecule has 11 heavy (non-hydrogen) atoms. The van der Waals surface area contributed by atoms with Crippen LogP contribution in [0, 0.1) is 11.3 Å². The Bertz CT molecular complexity index is 133. The molecule has 0 saturated carbocycles. The Morgan fingerprint density at radius 3 is 2.73 bits per heavy atom. The summed E-state index contributed by atoms with van der Waals surface area (Å²) in [6.07, 6.45) is 1.70. The second-order valence-electron chi connectivity index (χ2n) is 2.77. The Morgan fingerprint density at radius 2 is 2.09 bits per heavy atom. The van der Waals surface area contributed by atoms with Gasteiger partial charge in [-0.2, -0.15) is 5.26 Å². The quantitative estimate of drug-likeness (QED) is 0.542. The van der Waals surface area contributed by atoms with Crippen LogP contribution in [-0.2, 0) is 0 Å². The molecule has 0 amide bonds. The molecule has 0 aromatic rings. The van der Waals surface area contributed by atoms with Crippen LogP contribution in [0.5, 0.6) is 0 Å². The molecular weight excluding hydrogens is 138 g/mol. The summed E-state index contributed by atoms with van der Waals surface area (Å²) in [5.74, 6) is 0. The molecule has 1 heterocycles. The summed E-state index contributed by atoms with van der Waals surface area (Å²) in [7, 11) is 0. The zero-order valence-electron chi connectivity index (χ0n) is 6.79. The molecule has 0 N–H and O–H groups in total. The van der Waals surface area contributed by atoms with Gasteiger partial charge in [0.2, 0.25) is 0 Å². The van der Waals surface area contributed by atoms with Gasteiger partial charge in [0.15, 0.2) is 0 Å². The van der Waals surface area contributed by atoms with Crippen LogP contribution in [0.1, 0.15) is 12.8 Å². The highest BCUT2D eigenvalue weighted by Gasteiger charge is 2.08. The smallest absolute Gasteiger partial charge is 0.0622 e. The molecule has 0 aromatic carbocycles. The van der Waals surface area contributed by atoms with Crippen LogP contribution in [0.2, 0.25) is 0 Å². The molecule has 0 atom stereocenters.